The molecule has 1 saturated heterocycles. The van der Waals surface area contributed by atoms with Crippen LogP contribution in [0.4, 0.5) is 13.2 Å². The first-order valence-corrected chi connectivity index (χ1v) is 5.13. The molecule has 1 atom stereocenters. The van der Waals surface area contributed by atoms with Crippen molar-refractivity contribution in [1.29, 1.82) is 0 Å². The van der Waals surface area contributed by atoms with Crippen molar-refractivity contribution < 1.29 is 22.7 Å². The van der Waals surface area contributed by atoms with Crippen LogP contribution in [-0.4, -0.2) is 49.3 Å². The normalized spacial score (nSPS) is 22.2. The quantitative estimate of drug-likeness (QED) is 0.782. The molecule has 0 aromatic carbocycles. The standard InChI is InChI=1S/C9H15F3N2O2/c10-9(11,12)8(15)14-4-1-2-7(6-14)16-5-3-13/h7H,1-6,13H2. The zero-order valence-corrected chi connectivity index (χ0v) is 8.79. The number of carbonyl (C=O) groups excluding carboxylic acids is 1. The third kappa shape index (κ3) is 3.64. The molecule has 1 aliphatic heterocycles. The molecule has 0 bridgehead atoms. The van der Waals surface area contributed by atoms with Gasteiger partial charge in [0.15, 0.2) is 0 Å². The van der Waals surface area contributed by atoms with E-state index in [4.69, 9.17) is 10.5 Å². The molecular formula is C9H15F3N2O2. The van der Waals surface area contributed by atoms with E-state index in [0.29, 0.717) is 26.0 Å². The van der Waals surface area contributed by atoms with Crippen LogP contribution in [0.2, 0.25) is 0 Å². The maximum atomic E-state index is 12.2. The van der Waals surface area contributed by atoms with E-state index in [2.05, 4.69) is 0 Å². The molecule has 1 rings (SSSR count). The summed E-state index contributed by atoms with van der Waals surface area (Å²) >= 11 is 0. The molecule has 1 heterocycles. The predicted molar refractivity (Wildman–Crippen MR) is 50.7 cm³/mol. The van der Waals surface area contributed by atoms with Crippen molar-refractivity contribution >= 4 is 5.91 Å². The molecule has 4 nitrogen and oxygen atoms in total. The van der Waals surface area contributed by atoms with Crippen molar-refractivity contribution in [3.8, 4) is 0 Å². The third-order valence-electron chi connectivity index (χ3n) is 2.38. The van der Waals surface area contributed by atoms with Crippen molar-refractivity contribution in [3.63, 3.8) is 0 Å². The van der Waals surface area contributed by atoms with Crippen molar-refractivity contribution in [2.24, 2.45) is 5.73 Å². The van der Waals surface area contributed by atoms with Crippen LogP contribution >= 0.6 is 0 Å². The van der Waals surface area contributed by atoms with Gasteiger partial charge in [-0.1, -0.05) is 0 Å². The van der Waals surface area contributed by atoms with E-state index >= 15 is 0 Å². The molecule has 1 unspecified atom stereocenters. The van der Waals surface area contributed by atoms with Crippen molar-refractivity contribution in [3.05, 3.63) is 0 Å². The first-order valence-electron chi connectivity index (χ1n) is 5.13. The highest BCUT2D eigenvalue weighted by atomic mass is 19.4. The maximum absolute atomic E-state index is 12.2. The average molecular weight is 240 g/mol. The van der Waals surface area contributed by atoms with Crippen LogP contribution in [0, 0.1) is 0 Å². The Kier molecular flexibility index (Phi) is 4.55. The number of ether oxygens (including phenoxy) is 1. The molecule has 2 N–H and O–H groups in total. The Hall–Kier alpha value is -0.820. The summed E-state index contributed by atoms with van der Waals surface area (Å²) in [4.78, 5) is 11.8. The first kappa shape index (κ1) is 13.2. The van der Waals surface area contributed by atoms with E-state index in [1.165, 1.54) is 0 Å². The van der Waals surface area contributed by atoms with Crippen molar-refractivity contribution in [1.82, 2.24) is 4.90 Å². The Bertz CT molecular complexity index is 245. The van der Waals surface area contributed by atoms with E-state index in [-0.39, 0.29) is 19.2 Å². The number of nitrogens with zero attached hydrogens (tertiary/aromatic N) is 1. The van der Waals surface area contributed by atoms with Crippen LogP contribution < -0.4 is 5.73 Å². The fourth-order valence-electron chi connectivity index (χ4n) is 1.67. The summed E-state index contributed by atoms with van der Waals surface area (Å²) in [5.74, 6) is -1.78. The molecule has 16 heavy (non-hydrogen) atoms. The summed E-state index contributed by atoms with van der Waals surface area (Å²) in [6.07, 6.45) is -3.93. The van der Waals surface area contributed by atoms with Gasteiger partial charge in [-0.3, -0.25) is 4.79 Å². The Balaban J connectivity index is 2.47. The Morgan fingerprint density at radius 2 is 2.19 bits per heavy atom. The van der Waals surface area contributed by atoms with Gasteiger partial charge in [0.05, 0.1) is 12.7 Å². The van der Waals surface area contributed by atoms with Gasteiger partial charge in [0.2, 0.25) is 0 Å². The smallest absolute Gasteiger partial charge is 0.375 e. The minimum atomic E-state index is -4.80. The summed E-state index contributed by atoms with van der Waals surface area (Å²) in [6.45, 7) is 0.765. The monoisotopic (exact) mass is 240 g/mol. The molecule has 1 fully saturated rings. The van der Waals surface area contributed by atoms with Crippen LogP contribution in [0.1, 0.15) is 12.8 Å². The SMILES string of the molecule is NCCOC1CCCN(C(=O)C(F)(F)F)C1. The summed E-state index contributed by atoms with van der Waals surface area (Å²) in [7, 11) is 0. The van der Waals surface area contributed by atoms with Crippen LogP contribution in [-0.2, 0) is 9.53 Å². The minimum absolute atomic E-state index is 0.00164. The Morgan fingerprint density at radius 1 is 1.50 bits per heavy atom. The number of hydrogen-bond acceptors (Lipinski definition) is 3. The topological polar surface area (TPSA) is 55.6 Å². The van der Waals surface area contributed by atoms with Gasteiger partial charge in [-0.05, 0) is 12.8 Å². The molecule has 0 saturated carbocycles. The van der Waals surface area contributed by atoms with Gasteiger partial charge >= 0.3 is 12.1 Å². The van der Waals surface area contributed by atoms with E-state index in [9.17, 15) is 18.0 Å². The highest BCUT2D eigenvalue weighted by molar-refractivity contribution is 5.81. The number of likely N-dealkylation sites (tertiary alicyclic amines) is 1. The highest BCUT2D eigenvalue weighted by Crippen LogP contribution is 2.22. The van der Waals surface area contributed by atoms with Gasteiger partial charge in [-0.25, -0.2) is 0 Å². The molecule has 0 aromatic rings. The second-order valence-electron chi connectivity index (χ2n) is 3.67. The highest BCUT2D eigenvalue weighted by Gasteiger charge is 2.43. The summed E-state index contributed by atoms with van der Waals surface area (Å²) in [5.41, 5.74) is 5.22. The lowest BCUT2D eigenvalue weighted by Gasteiger charge is -2.32. The summed E-state index contributed by atoms with van der Waals surface area (Å²) in [5, 5.41) is 0. The third-order valence-corrected chi connectivity index (χ3v) is 2.38. The van der Waals surface area contributed by atoms with E-state index in [1.54, 1.807) is 0 Å². The number of rotatable bonds is 3. The van der Waals surface area contributed by atoms with Crippen LogP contribution in [0.3, 0.4) is 0 Å². The predicted octanol–water partition coefficient (Wildman–Crippen LogP) is 0.515. The van der Waals surface area contributed by atoms with E-state index < -0.39 is 12.1 Å². The Labute approximate surface area is 91.5 Å². The zero-order valence-electron chi connectivity index (χ0n) is 8.79. The molecule has 0 aliphatic carbocycles. The molecule has 0 spiro atoms. The average Bonchev–Trinajstić information content (AvgIpc) is 2.24. The first-order chi connectivity index (χ1) is 7.45. The van der Waals surface area contributed by atoms with Gasteiger partial charge in [-0.15, -0.1) is 0 Å². The lowest BCUT2D eigenvalue weighted by Crippen LogP contribution is -2.48. The lowest BCUT2D eigenvalue weighted by atomic mass is 10.1. The molecule has 94 valence electrons. The van der Waals surface area contributed by atoms with Crippen LogP contribution in [0.15, 0.2) is 0 Å². The Morgan fingerprint density at radius 3 is 2.75 bits per heavy atom. The van der Waals surface area contributed by atoms with Crippen LogP contribution in [0.5, 0.6) is 0 Å². The van der Waals surface area contributed by atoms with E-state index in [1.807, 2.05) is 0 Å². The number of alkyl halides is 3. The second-order valence-corrected chi connectivity index (χ2v) is 3.67. The molecule has 0 radical (unpaired) electrons. The fraction of sp³-hybridized carbons (Fsp3) is 0.889. The molecule has 0 aromatic heterocycles. The number of piperidine rings is 1. The van der Waals surface area contributed by atoms with Gasteiger partial charge in [0, 0.05) is 19.6 Å². The number of nitrogens with two attached hydrogens (primary N) is 1. The minimum Gasteiger partial charge on any atom is -0.375 e. The molecular weight excluding hydrogens is 225 g/mol. The van der Waals surface area contributed by atoms with Gasteiger partial charge in [0.1, 0.15) is 0 Å². The van der Waals surface area contributed by atoms with Crippen LogP contribution in [0.25, 0.3) is 0 Å². The fourth-order valence-corrected chi connectivity index (χ4v) is 1.67. The van der Waals surface area contributed by atoms with Gasteiger partial charge in [-0.2, -0.15) is 13.2 Å². The lowest BCUT2D eigenvalue weighted by molar-refractivity contribution is -0.188. The molecule has 1 amide bonds. The van der Waals surface area contributed by atoms with E-state index in [0.717, 1.165) is 4.90 Å². The number of amides is 1. The molecule has 1 aliphatic rings. The number of halogens is 3. The second kappa shape index (κ2) is 5.49. The van der Waals surface area contributed by atoms with Gasteiger partial charge in [0.25, 0.3) is 0 Å². The maximum Gasteiger partial charge on any atom is 0.471 e. The largest absolute Gasteiger partial charge is 0.471 e. The number of hydrogen-bond donors (Lipinski definition) is 1. The zero-order chi connectivity index (χ0) is 12.2. The van der Waals surface area contributed by atoms with Crippen molar-refractivity contribution in [2.75, 3.05) is 26.2 Å². The summed E-state index contributed by atoms with van der Waals surface area (Å²) in [6, 6.07) is 0. The van der Waals surface area contributed by atoms with Gasteiger partial charge < -0.3 is 15.4 Å². The molecule has 7 heteroatoms. The number of carbonyl (C=O) groups is 1. The summed E-state index contributed by atoms with van der Waals surface area (Å²) < 4.78 is 41.7. The van der Waals surface area contributed by atoms with Crippen molar-refractivity contribution in [2.45, 2.75) is 25.1 Å².